The third-order valence-corrected chi connectivity index (χ3v) is 5.66. The zero-order chi connectivity index (χ0) is 14.0. The molecule has 0 spiro atoms. The lowest BCUT2D eigenvalue weighted by Crippen LogP contribution is -2.15. The van der Waals surface area contributed by atoms with E-state index in [1.165, 1.54) is 19.3 Å². The molecule has 0 aliphatic heterocycles. The van der Waals surface area contributed by atoms with Crippen LogP contribution in [0.3, 0.4) is 0 Å². The Bertz CT molecular complexity index is 679. The van der Waals surface area contributed by atoms with Gasteiger partial charge >= 0.3 is 0 Å². The van der Waals surface area contributed by atoms with Gasteiger partial charge in [-0.2, -0.15) is 9.97 Å². The van der Waals surface area contributed by atoms with E-state index in [2.05, 4.69) is 30.6 Å². The summed E-state index contributed by atoms with van der Waals surface area (Å²) in [6.45, 7) is 2.86. The van der Waals surface area contributed by atoms with Crippen molar-refractivity contribution in [3.63, 3.8) is 0 Å². The predicted molar refractivity (Wildman–Crippen MR) is 81.1 cm³/mol. The van der Waals surface area contributed by atoms with Crippen molar-refractivity contribution in [1.29, 1.82) is 0 Å². The number of hydrogen-bond donors (Lipinski definition) is 3. The summed E-state index contributed by atoms with van der Waals surface area (Å²) in [5, 5.41) is 6.87. The number of aromatic nitrogens is 4. The van der Waals surface area contributed by atoms with E-state index in [0.717, 1.165) is 47.2 Å². The summed E-state index contributed by atoms with van der Waals surface area (Å²) >= 11 is 0. The van der Waals surface area contributed by atoms with E-state index in [1.807, 2.05) is 6.92 Å². The predicted octanol–water partition coefficient (Wildman–Crippen LogP) is 2.24. The van der Waals surface area contributed by atoms with Crippen molar-refractivity contribution >= 4 is 22.9 Å². The molecule has 5 rings (SSSR count). The highest BCUT2D eigenvalue weighted by Gasteiger charge is 2.65. The van der Waals surface area contributed by atoms with Gasteiger partial charge in [-0.15, -0.1) is 0 Å². The monoisotopic (exact) mass is 284 g/mol. The molecule has 2 aromatic rings. The first-order valence-corrected chi connectivity index (χ1v) is 8.06. The Balaban J connectivity index is 1.46. The largest absolute Gasteiger partial charge is 0.365 e. The fourth-order valence-corrected chi connectivity index (χ4v) is 4.85. The smallest absolute Gasteiger partial charge is 0.226 e. The lowest BCUT2D eigenvalue weighted by molar-refractivity contribution is 0.456. The summed E-state index contributed by atoms with van der Waals surface area (Å²) in [6.07, 6.45) is 6.04. The van der Waals surface area contributed by atoms with Crippen LogP contribution in [0, 0.1) is 23.7 Å². The third-order valence-electron chi connectivity index (χ3n) is 5.66. The van der Waals surface area contributed by atoms with Crippen molar-refractivity contribution in [1.82, 2.24) is 19.9 Å². The van der Waals surface area contributed by atoms with Gasteiger partial charge in [0.1, 0.15) is 5.52 Å². The molecule has 0 saturated heterocycles. The van der Waals surface area contributed by atoms with Crippen molar-refractivity contribution in [3.05, 3.63) is 6.33 Å². The van der Waals surface area contributed by atoms with E-state index in [0.29, 0.717) is 12.0 Å². The van der Waals surface area contributed by atoms with Gasteiger partial charge in [-0.1, -0.05) is 0 Å². The molecule has 3 fully saturated rings. The zero-order valence-corrected chi connectivity index (χ0v) is 12.1. The molecule has 21 heavy (non-hydrogen) atoms. The fraction of sp³-hybridized carbons (Fsp3) is 0.667. The number of anilines is 2. The number of imidazole rings is 1. The van der Waals surface area contributed by atoms with Gasteiger partial charge in [-0.05, 0) is 49.9 Å². The van der Waals surface area contributed by atoms with E-state index in [4.69, 9.17) is 0 Å². The molecule has 0 amide bonds. The topological polar surface area (TPSA) is 78.5 Å². The molecule has 3 aliphatic carbocycles. The van der Waals surface area contributed by atoms with E-state index in [-0.39, 0.29) is 0 Å². The first-order valence-electron chi connectivity index (χ1n) is 8.06. The Kier molecular flexibility index (Phi) is 2.29. The van der Waals surface area contributed by atoms with Crippen molar-refractivity contribution in [2.24, 2.45) is 23.7 Å². The van der Waals surface area contributed by atoms with Crippen LogP contribution in [0.25, 0.3) is 11.2 Å². The Hall–Kier alpha value is -1.85. The number of nitrogens with zero attached hydrogens (tertiary/aromatic N) is 3. The molecular weight excluding hydrogens is 264 g/mol. The van der Waals surface area contributed by atoms with Gasteiger partial charge in [-0.3, -0.25) is 0 Å². The maximum atomic E-state index is 4.64. The first-order chi connectivity index (χ1) is 10.3. The number of hydrogen-bond acceptors (Lipinski definition) is 5. The molecule has 2 bridgehead atoms. The second-order valence-electron chi connectivity index (χ2n) is 6.69. The SMILES string of the molecule is CCNc1nc(NC2C3C4CCC(C4)C23)c2[nH]cnc2n1. The van der Waals surface area contributed by atoms with Crippen LogP contribution in [0.5, 0.6) is 0 Å². The van der Waals surface area contributed by atoms with Crippen molar-refractivity contribution < 1.29 is 0 Å². The number of H-pyrrole nitrogens is 1. The quantitative estimate of drug-likeness (QED) is 0.802. The molecule has 2 heterocycles. The Morgan fingerprint density at radius 3 is 2.81 bits per heavy atom. The minimum absolute atomic E-state index is 0.618. The van der Waals surface area contributed by atoms with E-state index in [1.54, 1.807) is 6.33 Å². The van der Waals surface area contributed by atoms with Crippen LogP contribution in [-0.2, 0) is 0 Å². The minimum Gasteiger partial charge on any atom is -0.365 e. The molecular formula is C15H20N6. The summed E-state index contributed by atoms with van der Waals surface area (Å²) in [4.78, 5) is 16.5. The summed E-state index contributed by atoms with van der Waals surface area (Å²) in [7, 11) is 0. The van der Waals surface area contributed by atoms with Gasteiger partial charge in [-0.25, -0.2) is 4.98 Å². The maximum absolute atomic E-state index is 4.64. The molecule has 3 saturated carbocycles. The van der Waals surface area contributed by atoms with Gasteiger partial charge in [0.2, 0.25) is 5.95 Å². The lowest BCUT2D eigenvalue weighted by atomic mass is 10.0. The van der Waals surface area contributed by atoms with Crippen LogP contribution in [-0.4, -0.2) is 32.5 Å². The molecule has 3 aliphatic rings. The maximum Gasteiger partial charge on any atom is 0.226 e. The molecule has 110 valence electrons. The zero-order valence-electron chi connectivity index (χ0n) is 12.1. The Morgan fingerprint density at radius 2 is 2.05 bits per heavy atom. The highest BCUT2D eigenvalue weighted by atomic mass is 15.2. The van der Waals surface area contributed by atoms with Crippen molar-refractivity contribution in [2.45, 2.75) is 32.2 Å². The summed E-state index contributed by atoms with van der Waals surface area (Å²) < 4.78 is 0. The fourth-order valence-electron chi connectivity index (χ4n) is 4.85. The van der Waals surface area contributed by atoms with Gasteiger partial charge in [0, 0.05) is 12.6 Å². The molecule has 6 nitrogen and oxygen atoms in total. The highest BCUT2D eigenvalue weighted by molar-refractivity contribution is 5.84. The second kappa shape index (κ2) is 4.08. The summed E-state index contributed by atoms with van der Waals surface area (Å²) in [5.74, 6) is 5.27. The molecule has 4 unspecified atom stereocenters. The van der Waals surface area contributed by atoms with Gasteiger partial charge in [0.15, 0.2) is 11.5 Å². The second-order valence-corrected chi connectivity index (χ2v) is 6.69. The third kappa shape index (κ3) is 1.61. The summed E-state index contributed by atoms with van der Waals surface area (Å²) in [5.41, 5.74) is 1.66. The van der Waals surface area contributed by atoms with Crippen LogP contribution >= 0.6 is 0 Å². The minimum atomic E-state index is 0.618. The first kappa shape index (κ1) is 11.8. The van der Waals surface area contributed by atoms with Crippen LogP contribution in [0.2, 0.25) is 0 Å². The standard InChI is InChI=1S/C15H20N6/c1-2-16-15-20-13-12(17-6-18-13)14(21-15)19-11-9-7-3-4-8(5-7)10(9)11/h6-11H,2-5H2,1H3,(H3,16,17,18,19,20,21). The van der Waals surface area contributed by atoms with Gasteiger partial charge < -0.3 is 15.6 Å². The van der Waals surface area contributed by atoms with Crippen LogP contribution in [0.1, 0.15) is 26.2 Å². The highest BCUT2D eigenvalue weighted by Crippen LogP contribution is 2.66. The molecule has 0 radical (unpaired) electrons. The van der Waals surface area contributed by atoms with Crippen LogP contribution < -0.4 is 10.6 Å². The van der Waals surface area contributed by atoms with Gasteiger partial charge in [0.25, 0.3) is 0 Å². The molecule has 4 atom stereocenters. The number of aromatic amines is 1. The van der Waals surface area contributed by atoms with Crippen LogP contribution in [0.15, 0.2) is 6.33 Å². The average Bonchev–Trinajstić information content (AvgIpc) is 2.92. The van der Waals surface area contributed by atoms with E-state index in [9.17, 15) is 0 Å². The number of fused-ring (bicyclic) bond motifs is 6. The molecule has 2 aromatic heterocycles. The molecule has 0 aromatic carbocycles. The normalized spacial score (nSPS) is 36.0. The summed E-state index contributed by atoms with van der Waals surface area (Å²) in [6, 6.07) is 0.618. The Labute approximate surface area is 123 Å². The lowest BCUT2D eigenvalue weighted by Gasteiger charge is -2.12. The van der Waals surface area contributed by atoms with Crippen LogP contribution in [0.4, 0.5) is 11.8 Å². The van der Waals surface area contributed by atoms with E-state index >= 15 is 0 Å². The molecule has 3 N–H and O–H groups in total. The van der Waals surface area contributed by atoms with Crippen molar-refractivity contribution in [3.8, 4) is 0 Å². The Morgan fingerprint density at radius 1 is 1.24 bits per heavy atom. The average molecular weight is 284 g/mol. The van der Waals surface area contributed by atoms with E-state index < -0.39 is 0 Å². The van der Waals surface area contributed by atoms with Gasteiger partial charge in [0.05, 0.1) is 6.33 Å². The molecule has 6 heteroatoms. The number of nitrogens with one attached hydrogen (secondary N) is 3. The van der Waals surface area contributed by atoms with Crippen molar-refractivity contribution in [2.75, 3.05) is 17.2 Å². The number of rotatable bonds is 4.